The van der Waals surface area contributed by atoms with Crippen LogP contribution >= 0.6 is 12.2 Å². The number of hydrogen-bond acceptors (Lipinski definition) is 5. The van der Waals surface area contributed by atoms with Gasteiger partial charge in [-0.15, -0.1) is 0 Å². The number of non-ortho nitro benzene ring substituents is 1. The maximum absolute atomic E-state index is 12.4. The van der Waals surface area contributed by atoms with Gasteiger partial charge in [0, 0.05) is 23.4 Å². The van der Waals surface area contributed by atoms with E-state index in [0.29, 0.717) is 17.9 Å². The first kappa shape index (κ1) is 23.3. The van der Waals surface area contributed by atoms with E-state index in [0.717, 1.165) is 24.2 Å². The first-order valence-electron chi connectivity index (χ1n) is 10.0. The van der Waals surface area contributed by atoms with E-state index >= 15 is 0 Å². The van der Waals surface area contributed by atoms with Gasteiger partial charge in [0.15, 0.2) is 5.11 Å². The molecule has 2 N–H and O–H groups in total. The smallest absolute Gasteiger partial charge is 0.271 e. The van der Waals surface area contributed by atoms with Gasteiger partial charge in [-0.1, -0.05) is 38.7 Å². The highest BCUT2D eigenvalue weighted by Gasteiger charge is 2.12. The summed E-state index contributed by atoms with van der Waals surface area (Å²) in [5.41, 5.74) is 1.62. The van der Waals surface area contributed by atoms with E-state index in [2.05, 4.69) is 17.6 Å². The third kappa shape index (κ3) is 7.44. The number of ether oxygens (including phenoxy) is 1. The summed E-state index contributed by atoms with van der Waals surface area (Å²) in [6, 6.07) is 11.3. The van der Waals surface area contributed by atoms with E-state index < -0.39 is 4.92 Å². The second-order valence-corrected chi connectivity index (χ2v) is 7.36. The molecule has 8 heteroatoms. The summed E-state index contributed by atoms with van der Waals surface area (Å²) in [6.07, 6.45) is 5.86. The maximum atomic E-state index is 12.4. The van der Waals surface area contributed by atoms with Crippen molar-refractivity contribution in [1.29, 1.82) is 0 Å². The highest BCUT2D eigenvalue weighted by molar-refractivity contribution is 7.80. The Balaban J connectivity index is 1.85. The summed E-state index contributed by atoms with van der Waals surface area (Å²) in [4.78, 5) is 22.8. The van der Waals surface area contributed by atoms with Gasteiger partial charge in [0.05, 0.1) is 11.5 Å². The molecule has 0 saturated heterocycles. The van der Waals surface area contributed by atoms with Gasteiger partial charge in [0.2, 0.25) is 0 Å². The van der Waals surface area contributed by atoms with Gasteiger partial charge in [-0.05, 0) is 55.4 Å². The molecule has 0 bridgehead atoms. The van der Waals surface area contributed by atoms with Gasteiger partial charge in [0.1, 0.15) is 5.75 Å². The van der Waals surface area contributed by atoms with Crippen molar-refractivity contribution in [2.75, 3.05) is 11.9 Å². The number of nitrogens with one attached hydrogen (secondary N) is 2. The molecule has 7 nitrogen and oxygen atoms in total. The minimum Gasteiger partial charge on any atom is -0.494 e. The van der Waals surface area contributed by atoms with Crippen molar-refractivity contribution in [2.45, 2.75) is 46.0 Å². The molecule has 0 aliphatic carbocycles. The third-order valence-electron chi connectivity index (χ3n) is 4.54. The Labute approximate surface area is 182 Å². The minimum atomic E-state index is -0.485. The second kappa shape index (κ2) is 11.9. The molecule has 0 spiro atoms. The molecule has 2 aromatic carbocycles. The van der Waals surface area contributed by atoms with Crippen LogP contribution in [0.2, 0.25) is 0 Å². The quantitative estimate of drug-likeness (QED) is 0.228. The lowest BCUT2D eigenvalue weighted by Gasteiger charge is -2.12. The van der Waals surface area contributed by atoms with E-state index in [1.54, 1.807) is 37.3 Å². The predicted octanol–water partition coefficient (Wildman–Crippen LogP) is 5.38. The molecule has 0 atom stereocenters. The number of benzene rings is 2. The number of nitrogens with zero attached hydrogens (tertiary/aromatic N) is 1. The molecular weight excluding hydrogens is 402 g/mol. The lowest BCUT2D eigenvalue weighted by molar-refractivity contribution is -0.384. The third-order valence-corrected chi connectivity index (χ3v) is 4.74. The Hall–Kier alpha value is -3.00. The molecule has 0 heterocycles. The Kier molecular flexibility index (Phi) is 9.21. The fraction of sp³-hybridized carbons (Fsp3) is 0.364. The molecule has 0 saturated carbocycles. The van der Waals surface area contributed by atoms with Crippen LogP contribution in [0.5, 0.6) is 5.75 Å². The molecule has 2 rings (SSSR count). The summed E-state index contributed by atoms with van der Waals surface area (Å²) < 4.78 is 5.70. The van der Waals surface area contributed by atoms with Crippen LogP contribution in [0.4, 0.5) is 11.4 Å². The lowest BCUT2D eigenvalue weighted by atomic mass is 10.2. The molecular formula is C22H27N3O4S. The van der Waals surface area contributed by atoms with Crippen LogP contribution in [0, 0.1) is 17.0 Å². The van der Waals surface area contributed by atoms with E-state index in [-0.39, 0.29) is 16.7 Å². The van der Waals surface area contributed by atoms with Gasteiger partial charge in [-0.2, -0.15) is 0 Å². The molecule has 0 aromatic heterocycles. The number of unbranched alkanes of at least 4 members (excludes halogenated alkanes) is 4. The number of rotatable bonds is 10. The van der Waals surface area contributed by atoms with Crippen LogP contribution in [0.25, 0.3) is 0 Å². The van der Waals surface area contributed by atoms with Crippen molar-refractivity contribution >= 4 is 34.6 Å². The molecule has 30 heavy (non-hydrogen) atoms. The summed E-state index contributed by atoms with van der Waals surface area (Å²) in [5, 5.41) is 16.4. The summed E-state index contributed by atoms with van der Waals surface area (Å²) in [7, 11) is 0. The van der Waals surface area contributed by atoms with Crippen molar-refractivity contribution < 1.29 is 14.5 Å². The lowest BCUT2D eigenvalue weighted by Crippen LogP contribution is -2.34. The average Bonchev–Trinajstić information content (AvgIpc) is 2.72. The minimum absolute atomic E-state index is 0.0572. The van der Waals surface area contributed by atoms with Crippen LogP contribution < -0.4 is 15.4 Å². The number of carbonyl (C=O) groups excluding carboxylic acids is 1. The number of nitro groups is 1. The normalized spacial score (nSPS) is 10.3. The largest absolute Gasteiger partial charge is 0.494 e. The standard InChI is InChI=1S/C22H27N3O4S/c1-3-4-5-6-7-14-29-19-12-9-17(10-13-19)21(26)24-22(30)23-20-15-18(25(27)28)11-8-16(20)2/h8-13,15H,3-7,14H2,1-2H3,(H2,23,24,26,30). The highest BCUT2D eigenvalue weighted by atomic mass is 32.1. The average molecular weight is 430 g/mol. The Bertz CT molecular complexity index is 884. The zero-order valence-corrected chi connectivity index (χ0v) is 18.1. The number of thiocarbonyl (C=S) groups is 1. The second-order valence-electron chi connectivity index (χ2n) is 6.95. The van der Waals surface area contributed by atoms with Gasteiger partial charge in [-0.25, -0.2) is 0 Å². The summed E-state index contributed by atoms with van der Waals surface area (Å²) in [5.74, 6) is 0.344. The van der Waals surface area contributed by atoms with Gasteiger partial charge in [0.25, 0.3) is 11.6 Å². The molecule has 0 aliphatic heterocycles. The molecule has 0 fully saturated rings. The van der Waals surface area contributed by atoms with Crippen molar-refractivity contribution in [1.82, 2.24) is 5.32 Å². The number of amides is 1. The Morgan fingerprint density at radius 1 is 1.10 bits per heavy atom. The number of carbonyl (C=O) groups is 1. The highest BCUT2D eigenvalue weighted by Crippen LogP contribution is 2.21. The van der Waals surface area contributed by atoms with Crippen molar-refractivity contribution in [3.05, 3.63) is 63.7 Å². The molecule has 0 aliphatic rings. The number of nitro benzene ring substituents is 1. The zero-order chi connectivity index (χ0) is 21.9. The topological polar surface area (TPSA) is 93.5 Å². The van der Waals surface area contributed by atoms with Gasteiger partial charge >= 0.3 is 0 Å². The molecule has 160 valence electrons. The number of aryl methyl sites for hydroxylation is 1. The Morgan fingerprint density at radius 3 is 2.47 bits per heavy atom. The van der Waals surface area contributed by atoms with Crippen LogP contribution in [-0.2, 0) is 0 Å². The molecule has 0 unspecified atom stereocenters. The molecule has 1 amide bonds. The van der Waals surface area contributed by atoms with E-state index in [4.69, 9.17) is 17.0 Å². The van der Waals surface area contributed by atoms with Gasteiger partial charge in [-0.3, -0.25) is 20.2 Å². The number of hydrogen-bond donors (Lipinski definition) is 2. The first-order valence-corrected chi connectivity index (χ1v) is 10.4. The predicted molar refractivity (Wildman–Crippen MR) is 122 cm³/mol. The molecule has 0 radical (unpaired) electrons. The van der Waals surface area contributed by atoms with Crippen LogP contribution in [0.3, 0.4) is 0 Å². The van der Waals surface area contributed by atoms with Crippen LogP contribution in [-0.4, -0.2) is 22.5 Å². The SMILES string of the molecule is CCCCCCCOc1ccc(C(=O)NC(=S)Nc2cc([N+](=O)[O-])ccc2C)cc1. The van der Waals surface area contributed by atoms with E-state index in [1.165, 1.54) is 31.4 Å². The van der Waals surface area contributed by atoms with Crippen molar-refractivity contribution in [3.63, 3.8) is 0 Å². The van der Waals surface area contributed by atoms with Crippen LogP contribution in [0.15, 0.2) is 42.5 Å². The fourth-order valence-electron chi connectivity index (χ4n) is 2.79. The maximum Gasteiger partial charge on any atom is 0.271 e. The fourth-order valence-corrected chi connectivity index (χ4v) is 2.99. The van der Waals surface area contributed by atoms with E-state index in [1.807, 2.05) is 0 Å². The van der Waals surface area contributed by atoms with Gasteiger partial charge < -0.3 is 10.1 Å². The van der Waals surface area contributed by atoms with Crippen LogP contribution in [0.1, 0.15) is 54.9 Å². The molecule has 2 aromatic rings. The monoisotopic (exact) mass is 429 g/mol. The van der Waals surface area contributed by atoms with E-state index in [9.17, 15) is 14.9 Å². The zero-order valence-electron chi connectivity index (χ0n) is 17.3. The number of anilines is 1. The van der Waals surface area contributed by atoms with Crippen molar-refractivity contribution in [3.8, 4) is 5.75 Å². The first-order chi connectivity index (χ1) is 14.4. The van der Waals surface area contributed by atoms with Crippen molar-refractivity contribution in [2.24, 2.45) is 0 Å². The summed E-state index contributed by atoms with van der Waals surface area (Å²) >= 11 is 5.17. The Morgan fingerprint density at radius 2 is 1.80 bits per heavy atom. The summed E-state index contributed by atoms with van der Waals surface area (Å²) in [6.45, 7) is 4.64.